The second-order valence-corrected chi connectivity index (χ2v) is 6.67. The maximum atomic E-state index is 12.9. The van der Waals surface area contributed by atoms with E-state index in [1.54, 1.807) is 16.6 Å². The molecular weight excluding hydrogens is 351 g/mol. The molecule has 2 aromatic carbocycles. The van der Waals surface area contributed by atoms with Gasteiger partial charge in [0.1, 0.15) is 23.2 Å². The van der Waals surface area contributed by atoms with E-state index in [0.717, 1.165) is 16.1 Å². The van der Waals surface area contributed by atoms with Crippen LogP contribution >= 0.6 is 11.3 Å². The molecule has 4 aromatic rings. The zero-order chi connectivity index (χ0) is 17.9. The Morgan fingerprint density at radius 1 is 1.12 bits per heavy atom. The Kier molecular flexibility index (Phi) is 4.45. The van der Waals surface area contributed by atoms with E-state index in [1.165, 1.54) is 23.5 Å². The van der Waals surface area contributed by atoms with Crippen LogP contribution in [0.3, 0.4) is 0 Å². The van der Waals surface area contributed by atoms with Crippen LogP contribution in [0, 0.1) is 5.82 Å². The molecule has 2 aromatic heterocycles. The van der Waals surface area contributed by atoms with Crippen molar-refractivity contribution >= 4 is 27.9 Å². The predicted molar refractivity (Wildman–Crippen MR) is 99.4 cm³/mol. The first kappa shape index (κ1) is 16.4. The molecule has 0 saturated carbocycles. The van der Waals surface area contributed by atoms with E-state index in [-0.39, 0.29) is 12.4 Å². The number of halogens is 1. The second kappa shape index (κ2) is 7.05. The second-order valence-electron chi connectivity index (χ2n) is 5.69. The molecule has 0 atom stereocenters. The van der Waals surface area contributed by atoms with E-state index >= 15 is 0 Å². The van der Waals surface area contributed by atoms with E-state index in [2.05, 4.69) is 34.4 Å². The molecule has 4 rings (SSSR count). The summed E-state index contributed by atoms with van der Waals surface area (Å²) in [6.45, 7) is 2.26. The molecule has 7 heteroatoms. The lowest BCUT2D eigenvalue weighted by Gasteiger charge is -2.03. The number of nitrogens with zero attached hydrogens (tertiary/aromatic N) is 4. The van der Waals surface area contributed by atoms with Gasteiger partial charge in [0.2, 0.25) is 4.96 Å². The van der Waals surface area contributed by atoms with Gasteiger partial charge in [-0.25, -0.2) is 4.39 Å². The normalized spacial score (nSPS) is 11.8. The summed E-state index contributed by atoms with van der Waals surface area (Å²) in [7, 11) is 0. The van der Waals surface area contributed by atoms with Gasteiger partial charge in [-0.05, 0) is 48.4 Å². The molecule has 0 aliphatic heterocycles. The zero-order valence-corrected chi connectivity index (χ0v) is 14.8. The van der Waals surface area contributed by atoms with Crippen molar-refractivity contribution < 1.29 is 9.13 Å². The standard InChI is InChI=1S/C19H15FN4OS/c1-13(14-5-3-2-4-6-14)11-18-23-24-17(21-22-19(24)26-18)12-25-16-9-7-15(20)8-10-16/h2-11H,12H2,1H3/b13-11-. The molecule has 0 N–H and O–H groups in total. The summed E-state index contributed by atoms with van der Waals surface area (Å²) in [6, 6.07) is 16.0. The third-order valence-corrected chi connectivity index (χ3v) is 4.67. The van der Waals surface area contributed by atoms with Crippen molar-refractivity contribution in [1.29, 1.82) is 0 Å². The van der Waals surface area contributed by atoms with Crippen LogP contribution in [0.2, 0.25) is 0 Å². The summed E-state index contributed by atoms with van der Waals surface area (Å²) in [4.78, 5) is 0.704. The molecule has 0 bridgehead atoms. The molecule has 2 heterocycles. The number of hydrogen-bond donors (Lipinski definition) is 0. The largest absolute Gasteiger partial charge is 0.486 e. The van der Waals surface area contributed by atoms with Crippen LogP contribution in [0.1, 0.15) is 23.3 Å². The van der Waals surface area contributed by atoms with Crippen LogP contribution < -0.4 is 4.74 Å². The number of rotatable bonds is 5. The Hall–Kier alpha value is -3.06. The summed E-state index contributed by atoms with van der Waals surface area (Å²) in [5.41, 5.74) is 2.28. The number of ether oxygens (including phenoxy) is 1. The van der Waals surface area contributed by atoms with Crippen molar-refractivity contribution in [2.24, 2.45) is 0 Å². The SMILES string of the molecule is C/C(=C/c1nn2c(COc3ccc(F)cc3)nnc2s1)c1ccccc1. The maximum absolute atomic E-state index is 12.9. The Morgan fingerprint density at radius 3 is 2.65 bits per heavy atom. The number of hydrogen-bond acceptors (Lipinski definition) is 5. The Labute approximate surface area is 153 Å². The van der Waals surface area contributed by atoms with Gasteiger partial charge < -0.3 is 4.74 Å². The van der Waals surface area contributed by atoms with Gasteiger partial charge in [-0.15, -0.1) is 10.2 Å². The number of allylic oxidation sites excluding steroid dienone is 1. The molecule has 0 aliphatic rings. The smallest absolute Gasteiger partial charge is 0.235 e. The summed E-state index contributed by atoms with van der Waals surface area (Å²) >= 11 is 1.46. The lowest BCUT2D eigenvalue weighted by atomic mass is 10.1. The van der Waals surface area contributed by atoms with Gasteiger partial charge in [-0.1, -0.05) is 41.7 Å². The van der Waals surface area contributed by atoms with Crippen LogP contribution in [-0.2, 0) is 6.61 Å². The lowest BCUT2D eigenvalue weighted by Crippen LogP contribution is -2.02. The molecule has 130 valence electrons. The monoisotopic (exact) mass is 366 g/mol. The number of benzene rings is 2. The van der Waals surface area contributed by atoms with Crippen LogP contribution in [0.5, 0.6) is 5.75 Å². The highest BCUT2D eigenvalue weighted by Crippen LogP contribution is 2.22. The fourth-order valence-corrected chi connectivity index (χ4v) is 3.33. The minimum absolute atomic E-state index is 0.206. The maximum Gasteiger partial charge on any atom is 0.235 e. The fraction of sp³-hybridized carbons (Fsp3) is 0.105. The van der Waals surface area contributed by atoms with Gasteiger partial charge in [0.05, 0.1) is 0 Å². The van der Waals surface area contributed by atoms with Gasteiger partial charge in [0.25, 0.3) is 0 Å². The summed E-state index contributed by atoms with van der Waals surface area (Å²) in [5, 5.41) is 13.7. The van der Waals surface area contributed by atoms with Crippen molar-refractivity contribution in [3.63, 3.8) is 0 Å². The van der Waals surface area contributed by atoms with Crippen LogP contribution in [-0.4, -0.2) is 19.8 Å². The average molecular weight is 366 g/mol. The quantitative estimate of drug-likeness (QED) is 0.523. The Balaban J connectivity index is 1.54. The minimum atomic E-state index is -0.299. The highest BCUT2D eigenvalue weighted by molar-refractivity contribution is 7.17. The molecule has 0 spiro atoms. The van der Waals surface area contributed by atoms with Gasteiger partial charge in [0.15, 0.2) is 5.82 Å². The van der Waals surface area contributed by atoms with Crippen molar-refractivity contribution in [2.75, 3.05) is 0 Å². The third kappa shape index (κ3) is 3.48. The Morgan fingerprint density at radius 2 is 1.88 bits per heavy atom. The molecular formula is C19H15FN4OS. The van der Waals surface area contributed by atoms with E-state index < -0.39 is 0 Å². The first-order valence-electron chi connectivity index (χ1n) is 8.02. The minimum Gasteiger partial charge on any atom is -0.486 e. The predicted octanol–water partition coefficient (Wildman–Crippen LogP) is 4.46. The first-order valence-corrected chi connectivity index (χ1v) is 8.84. The molecule has 0 amide bonds. The molecule has 5 nitrogen and oxygen atoms in total. The van der Waals surface area contributed by atoms with Gasteiger partial charge >= 0.3 is 0 Å². The summed E-state index contributed by atoms with van der Waals surface area (Å²) in [6.07, 6.45) is 2.03. The van der Waals surface area contributed by atoms with Crippen LogP contribution in [0.25, 0.3) is 16.6 Å². The highest BCUT2D eigenvalue weighted by Gasteiger charge is 2.11. The summed E-state index contributed by atoms with van der Waals surface area (Å²) in [5.74, 6) is 0.864. The van der Waals surface area contributed by atoms with E-state index in [0.29, 0.717) is 16.5 Å². The highest BCUT2D eigenvalue weighted by atomic mass is 32.1. The Bertz CT molecular complexity index is 1050. The molecule has 0 radical (unpaired) electrons. The third-order valence-electron chi connectivity index (χ3n) is 3.82. The number of aromatic nitrogens is 4. The molecule has 0 fully saturated rings. The van der Waals surface area contributed by atoms with Crippen molar-refractivity contribution in [3.05, 3.63) is 76.8 Å². The van der Waals surface area contributed by atoms with Crippen molar-refractivity contribution in [2.45, 2.75) is 13.5 Å². The van der Waals surface area contributed by atoms with Gasteiger partial charge in [0, 0.05) is 0 Å². The van der Waals surface area contributed by atoms with Crippen molar-refractivity contribution in [1.82, 2.24) is 19.8 Å². The molecule has 0 unspecified atom stereocenters. The number of fused-ring (bicyclic) bond motifs is 1. The van der Waals surface area contributed by atoms with Gasteiger partial charge in [-0.2, -0.15) is 9.61 Å². The molecule has 0 saturated heterocycles. The van der Waals surface area contributed by atoms with Gasteiger partial charge in [-0.3, -0.25) is 0 Å². The van der Waals surface area contributed by atoms with Crippen LogP contribution in [0.15, 0.2) is 54.6 Å². The van der Waals surface area contributed by atoms with E-state index in [1.807, 2.05) is 24.3 Å². The van der Waals surface area contributed by atoms with E-state index in [4.69, 9.17) is 4.74 Å². The summed E-state index contributed by atoms with van der Waals surface area (Å²) < 4.78 is 20.3. The average Bonchev–Trinajstić information content (AvgIpc) is 3.22. The first-order chi connectivity index (χ1) is 12.7. The topological polar surface area (TPSA) is 52.3 Å². The van der Waals surface area contributed by atoms with Crippen molar-refractivity contribution in [3.8, 4) is 5.75 Å². The molecule has 0 aliphatic carbocycles. The lowest BCUT2D eigenvalue weighted by molar-refractivity contribution is 0.292. The zero-order valence-electron chi connectivity index (χ0n) is 14.0. The fourth-order valence-electron chi connectivity index (χ4n) is 2.47. The molecule has 26 heavy (non-hydrogen) atoms. The van der Waals surface area contributed by atoms with Crippen LogP contribution in [0.4, 0.5) is 4.39 Å². The van der Waals surface area contributed by atoms with E-state index in [9.17, 15) is 4.39 Å².